The van der Waals surface area contributed by atoms with Gasteiger partial charge < -0.3 is 5.32 Å². The summed E-state index contributed by atoms with van der Waals surface area (Å²) in [5, 5.41) is 3.34. The zero-order valence-corrected chi connectivity index (χ0v) is 10.8. The molecule has 0 aromatic heterocycles. The van der Waals surface area contributed by atoms with Crippen LogP contribution in [0, 0.1) is 11.8 Å². The Bertz CT molecular complexity index is 337. The monoisotopic (exact) mass is 263 g/mol. The molecule has 2 fully saturated rings. The van der Waals surface area contributed by atoms with Crippen molar-refractivity contribution in [1.82, 2.24) is 5.32 Å². The van der Waals surface area contributed by atoms with Gasteiger partial charge >= 0.3 is 10.4 Å². The molecule has 1 aliphatic carbocycles. The van der Waals surface area contributed by atoms with E-state index >= 15 is 0 Å². The van der Waals surface area contributed by atoms with E-state index in [-0.39, 0.29) is 6.10 Å². The third-order valence-corrected chi connectivity index (χ3v) is 4.49. The Balaban J connectivity index is 1.87. The van der Waals surface area contributed by atoms with Crippen molar-refractivity contribution in [2.75, 3.05) is 13.1 Å². The Kier molecular flexibility index (Phi) is 4.41. The lowest BCUT2D eigenvalue weighted by molar-refractivity contribution is 0.0840. The average molecular weight is 263 g/mol. The van der Waals surface area contributed by atoms with Crippen molar-refractivity contribution in [3.05, 3.63) is 0 Å². The molecule has 1 aliphatic heterocycles. The third kappa shape index (κ3) is 4.21. The summed E-state index contributed by atoms with van der Waals surface area (Å²) in [5.41, 5.74) is 0. The normalized spacial score (nSPS) is 32.5. The molecule has 17 heavy (non-hydrogen) atoms. The first-order valence-corrected chi connectivity index (χ1v) is 7.77. The fraction of sp³-hybridized carbons (Fsp3) is 1.00. The fourth-order valence-electron chi connectivity index (χ4n) is 3.18. The summed E-state index contributed by atoms with van der Waals surface area (Å²) < 4.78 is 34.8. The van der Waals surface area contributed by atoms with Gasteiger partial charge in [-0.1, -0.05) is 6.42 Å². The first kappa shape index (κ1) is 13.3. The second-order valence-electron chi connectivity index (χ2n) is 5.16. The Labute approximate surface area is 103 Å². The molecule has 0 spiro atoms. The first-order chi connectivity index (χ1) is 8.04. The first-order valence-electron chi connectivity index (χ1n) is 6.41. The van der Waals surface area contributed by atoms with Gasteiger partial charge in [0.25, 0.3) is 0 Å². The number of piperidine rings is 1. The fourth-order valence-corrected chi connectivity index (χ4v) is 3.70. The summed E-state index contributed by atoms with van der Waals surface area (Å²) in [6, 6.07) is 0. The van der Waals surface area contributed by atoms with Crippen LogP contribution in [0.2, 0.25) is 0 Å². The molecule has 1 heterocycles. The summed E-state index contributed by atoms with van der Waals surface area (Å²) in [6.07, 6.45) is 5.68. The highest BCUT2D eigenvalue weighted by atomic mass is 32.3. The summed E-state index contributed by atoms with van der Waals surface area (Å²) in [6.45, 7) is 2.12. The molecule has 2 atom stereocenters. The van der Waals surface area contributed by atoms with Crippen molar-refractivity contribution in [2.45, 2.75) is 44.6 Å². The maximum atomic E-state index is 10.7. The van der Waals surface area contributed by atoms with E-state index in [2.05, 4.69) is 5.32 Å². The van der Waals surface area contributed by atoms with Crippen molar-refractivity contribution in [2.24, 2.45) is 11.8 Å². The lowest BCUT2D eigenvalue weighted by Gasteiger charge is -2.35. The molecule has 1 saturated carbocycles. The molecule has 0 aromatic carbocycles. The Morgan fingerprint density at radius 1 is 1.06 bits per heavy atom. The number of hydrogen-bond acceptors (Lipinski definition) is 4. The molecule has 1 saturated heterocycles. The smallest absolute Gasteiger partial charge is 0.317 e. The van der Waals surface area contributed by atoms with Crippen molar-refractivity contribution >= 4 is 10.4 Å². The van der Waals surface area contributed by atoms with Crippen LogP contribution in [0.25, 0.3) is 0 Å². The number of rotatable bonds is 3. The van der Waals surface area contributed by atoms with Crippen LogP contribution in [0.3, 0.4) is 0 Å². The highest BCUT2D eigenvalue weighted by Gasteiger charge is 2.31. The van der Waals surface area contributed by atoms with Crippen LogP contribution >= 0.6 is 0 Å². The summed E-state index contributed by atoms with van der Waals surface area (Å²) in [7, 11) is -4.29. The van der Waals surface area contributed by atoms with E-state index in [0.29, 0.717) is 11.8 Å². The molecular formula is C11H21NO4S. The van der Waals surface area contributed by atoms with E-state index in [9.17, 15) is 8.42 Å². The van der Waals surface area contributed by atoms with Crippen molar-refractivity contribution < 1.29 is 17.2 Å². The Morgan fingerprint density at radius 2 is 1.76 bits per heavy atom. The molecule has 2 rings (SSSR count). The van der Waals surface area contributed by atoms with Gasteiger partial charge in [0.05, 0.1) is 6.10 Å². The minimum absolute atomic E-state index is 0.321. The standard InChI is InChI=1S/C11H21NO4S/c13-17(14,15)16-11-3-1-2-10(8-11)9-4-6-12-7-5-9/h9-12H,1-8H2,(H,13,14,15). The number of hydrogen-bond donors (Lipinski definition) is 2. The summed E-state index contributed by atoms with van der Waals surface area (Å²) in [5.74, 6) is 1.24. The molecule has 0 bridgehead atoms. The van der Waals surface area contributed by atoms with E-state index in [4.69, 9.17) is 8.74 Å². The SMILES string of the molecule is O=S(=O)(O)OC1CCCC(C2CCNCC2)C1. The molecule has 100 valence electrons. The van der Waals surface area contributed by atoms with E-state index < -0.39 is 10.4 Å². The van der Waals surface area contributed by atoms with Gasteiger partial charge in [-0.2, -0.15) is 8.42 Å². The predicted octanol–water partition coefficient (Wildman–Crippen LogP) is 1.36. The molecule has 6 heteroatoms. The minimum atomic E-state index is -4.29. The van der Waals surface area contributed by atoms with Gasteiger partial charge in [0.1, 0.15) is 0 Å². The van der Waals surface area contributed by atoms with Gasteiger partial charge in [-0.15, -0.1) is 0 Å². The van der Waals surface area contributed by atoms with Crippen LogP contribution in [0.1, 0.15) is 38.5 Å². The minimum Gasteiger partial charge on any atom is -0.317 e. The van der Waals surface area contributed by atoms with Crippen LogP contribution < -0.4 is 5.32 Å². The lowest BCUT2D eigenvalue weighted by Crippen LogP contribution is -2.35. The molecule has 0 radical (unpaired) electrons. The molecule has 2 aliphatic rings. The van der Waals surface area contributed by atoms with Crippen LogP contribution in [-0.2, 0) is 14.6 Å². The second-order valence-corrected chi connectivity index (χ2v) is 6.21. The predicted molar refractivity (Wildman–Crippen MR) is 64.0 cm³/mol. The molecule has 0 amide bonds. The van der Waals surface area contributed by atoms with Gasteiger partial charge in [-0.25, -0.2) is 4.18 Å². The molecule has 0 aromatic rings. The van der Waals surface area contributed by atoms with Crippen LogP contribution in [0.15, 0.2) is 0 Å². The maximum absolute atomic E-state index is 10.7. The zero-order chi connectivity index (χ0) is 12.3. The van der Waals surface area contributed by atoms with Crippen molar-refractivity contribution in [3.63, 3.8) is 0 Å². The largest absolute Gasteiger partial charge is 0.397 e. The second kappa shape index (κ2) is 5.65. The summed E-state index contributed by atoms with van der Waals surface area (Å²) in [4.78, 5) is 0. The van der Waals surface area contributed by atoms with Gasteiger partial charge in [0.15, 0.2) is 0 Å². The Hall–Kier alpha value is -0.170. The third-order valence-electron chi connectivity index (χ3n) is 3.97. The van der Waals surface area contributed by atoms with Gasteiger partial charge in [-0.05, 0) is 57.0 Å². The molecule has 2 N–H and O–H groups in total. The van der Waals surface area contributed by atoms with Gasteiger partial charge in [0, 0.05) is 0 Å². The van der Waals surface area contributed by atoms with Crippen LogP contribution in [0.4, 0.5) is 0 Å². The van der Waals surface area contributed by atoms with Crippen LogP contribution in [0.5, 0.6) is 0 Å². The van der Waals surface area contributed by atoms with E-state index in [0.717, 1.165) is 38.8 Å². The lowest BCUT2D eigenvalue weighted by atomic mass is 9.75. The average Bonchev–Trinajstić information content (AvgIpc) is 2.28. The van der Waals surface area contributed by atoms with E-state index in [1.165, 1.54) is 12.8 Å². The van der Waals surface area contributed by atoms with E-state index in [1.54, 1.807) is 0 Å². The van der Waals surface area contributed by atoms with Gasteiger partial charge in [-0.3, -0.25) is 4.55 Å². The molecular weight excluding hydrogens is 242 g/mol. The topological polar surface area (TPSA) is 75.6 Å². The molecule has 5 nitrogen and oxygen atoms in total. The summed E-state index contributed by atoms with van der Waals surface area (Å²) >= 11 is 0. The Morgan fingerprint density at radius 3 is 2.41 bits per heavy atom. The highest BCUT2D eigenvalue weighted by Crippen LogP contribution is 2.35. The van der Waals surface area contributed by atoms with Gasteiger partial charge in [0.2, 0.25) is 0 Å². The van der Waals surface area contributed by atoms with Crippen molar-refractivity contribution in [3.8, 4) is 0 Å². The van der Waals surface area contributed by atoms with Crippen molar-refractivity contribution in [1.29, 1.82) is 0 Å². The van der Waals surface area contributed by atoms with E-state index in [1.807, 2.05) is 0 Å². The highest BCUT2D eigenvalue weighted by molar-refractivity contribution is 7.80. The maximum Gasteiger partial charge on any atom is 0.397 e. The van der Waals surface area contributed by atoms with Crippen LogP contribution in [-0.4, -0.2) is 32.2 Å². The number of nitrogens with one attached hydrogen (secondary N) is 1. The molecule has 2 unspecified atom stereocenters. The zero-order valence-electron chi connectivity index (χ0n) is 9.97. The quantitative estimate of drug-likeness (QED) is 0.752.